The largest absolute Gasteiger partial charge is 0.484 e. The Labute approximate surface area is 169 Å². The van der Waals surface area contributed by atoms with E-state index in [0.29, 0.717) is 37.4 Å². The number of ether oxygens (including phenoxy) is 1. The third-order valence-corrected chi connectivity index (χ3v) is 6.17. The molecule has 29 heavy (non-hydrogen) atoms. The summed E-state index contributed by atoms with van der Waals surface area (Å²) < 4.78 is 6.21. The molecule has 1 spiro atoms. The lowest BCUT2D eigenvalue weighted by molar-refractivity contribution is -0.135. The fourth-order valence-electron chi connectivity index (χ4n) is 4.69. The van der Waals surface area contributed by atoms with E-state index in [1.807, 2.05) is 48.5 Å². The van der Waals surface area contributed by atoms with Crippen LogP contribution >= 0.6 is 0 Å². The number of likely N-dealkylation sites (tertiary alicyclic amines) is 1. The number of hydrogen-bond donors (Lipinski definition) is 0. The summed E-state index contributed by atoms with van der Waals surface area (Å²) in [5.74, 6) is 0.256. The van der Waals surface area contributed by atoms with Crippen LogP contribution < -0.4 is 9.64 Å². The van der Waals surface area contributed by atoms with Gasteiger partial charge in [0.1, 0.15) is 11.4 Å². The summed E-state index contributed by atoms with van der Waals surface area (Å²) >= 11 is 0. The molecule has 2 atom stereocenters. The van der Waals surface area contributed by atoms with E-state index in [2.05, 4.69) is 0 Å². The molecule has 2 amide bonds. The molecule has 2 aromatic carbocycles. The summed E-state index contributed by atoms with van der Waals surface area (Å²) in [5.41, 5.74) is 0.786. The topological polar surface area (TPSA) is 66.9 Å². The highest BCUT2D eigenvalue weighted by Crippen LogP contribution is 2.39. The second-order valence-electron chi connectivity index (χ2n) is 8.13. The van der Waals surface area contributed by atoms with Crippen LogP contribution in [0, 0.1) is 5.92 Å². The molecule has 148 valence electrons. The number of para-hydroxylation sites is 2. The molecular weight excluding hydrogens is 368 g/mol. The fraction of sp³-hybridized carbons (Fsp3) is 0.348. The maximum absolute atomic E-state index is 13.1. The molecular formula is C23H22N2O4. The van der Waals surface area contributed by atoms with Crippen LogP contribution in [0.5, 0.6) is 5.75 Å². The molecule has 6 nitrogen and oxygen atoms in total. The fourth-order valence-corrected chi connectivity index (χ4v) is 4.69. The number of nitrogens with zero attached hydrogens (tertiary/aromatic N) is 2. The van der Waals surface area contributed by atoms with Gasteiger partial charge in [0.2, 0.25) is 11.8 Å². The van der Waals surface area contributed by atoms with Crippen molar-refractivity contribution < 1.29 is 19.1 Å². The van der Waals surface area contributed by atoms with Gasteiger partial charge in [-0.3, -0.25) is 14.4 Å². The van der Waals surface area contributed by atoms with Gasteiger partial charge in [-0.2, -0.15) is 0 Å². The van der Waals surface area contributed by atoms with E-state index in [1.54, 1.807) is 15.9 Å². The van der Waals surface area contributed by atoms with Gasteiger partial charge in [0, 0.05) is 31.6 Å². The first-order chi connectivity index (χ1) is 14.0. The Hall–Kier alpha value is -3.15. The third kappa shape index (κ3) is 3.09. The first kappa shape index (κ1) is 17.9. The van der Waals surface area contributed by atoms with Gasteiger partial charge in [-0.15, -0.1) is 0 Å². The van der Waals surface area contributed by atoms with Gasteiger partial charge in [0.25, 0.3) is 0 Å². The minimum atomic E-state index is -0.650. The second kappa shape index (κ2) is 6.72. The molecule has 2 aromatic rings. The Kier molecular flexibility index (Phi) is 4.15. The number of rotatable bonds is 2. The van der Waals surface area contributed by atoms with E-state index < -0.39 is 5.60 Å². The number of benzene rings is 2. The molecule has 2 unspecified atom stereocenters. The Morgan fingerprint density at radius 3 is 2.62 bits per heavy atom. The number of fused-ring (bicyclic) bond motifs is 1. The first-order valence-electron chi connectivity index (χ1n) is 10.0. The van der Waals surface area contributed by atoms with Gasteiger partial charge in [-0.1, -0.05) is 30.3 Å². The minimum Gasteiger partial charge on any atom is -0.484 e. The SMILES string of the molecule is O=C1CC2(CCN(C(=O)C3CC(=O)N(c4ccccc4)C3)C2)Oc2ccccc21. The van der Waals surface area contributed by atoms with Crippen molar-refractivity contribution in [2.24, 2.45) is 5.92 Å². The molecule has 0 aliphatic carbocycles. The summed E-state index contributed by atoms with van der Waals surface area (Å²) in [6.45, 7) is 1.33. The lowest BCUT2D eigenvalue weighted by Gasteiger charge is -2.34. The third-order valence-electron chi connectivity index (χ3n) is 6.17. The maximum atomic E-state index is 13.1. The lowest BCUT2D eigenvalue weighted by Crippen LogP contribution is -2.46. The van der Waals surface area contributed by atoms with E-state index in [0.717, 1.165) is 5.69 Å². The average molecular weight is 390 g/mol. The standard InChI is InChI=1S/C23H22N2O4/c26-19-13-23(29-20-9-5-4-8-18(19)20)10-11-24(15-23)22(28)16-12-21(27)25(14-16)17-6-2-1-3-7-17/h1-9,16H,10-15H2. The van der Waals surface area contributed by atoms with E-state index in [9.17, 15) is 14.4 Å². The van der Waals surface area contributed by atoms with Crippen LogP contribution in [0.4, 0.5) is 5.69 Å². The van der Waals surface area contributed by atoms with Crippen LogP contribution in [0.25, 0.3) is 0 Å². The minimum absolute atomic E-state index is 0.0245. The predicted molar refractivity (Wildman–Crippen MR) is 107 cm³/mol. The van der Waals surface area contributed by atoms with Gasteiger partial charge in [-0.05, 0) is 24.3 Å². The van der Waals surface area contributed by atoms with E-state index in [-0.39, 0.29) is 36.4 Å². The van der Waals surface area contributed by atoms with Gasteiger partial charge < -0.3 is 14.5 Å². The van der Waals surface area contributed by atoms with Crippen LogP contribution in [0.2, 0.25) is 0 Å². The lowest BCUT2D eigenvalue weighted by atomic mass is 9.89. The van der Waals surface area contributed by atoms with Crippen molar-refractivity contribution >= 4 is 23.3 Å². The predicted octanol–water partition coefficient (Wildman–Crippen LogP) is 2.68. The zero-order valence-corrected chi connectivity index (χ0v) is 16.0. The van der Waals surface area contributed by atoms with Crippen molar-refractivity contribution in [3.8, 4) is 5.75 Å². The van der Waals surface area contributed by atoms with E-state index in [4.69, 9.17) is 4.74 Å². The van der Waals surface area contributed by atoms with Crippen LogP contribution in [-0.4, -0.2) is 47.7 Å². The molecule has 5 rings (SSSR count). The molecule has 3 heterocycles. The molecule has 2 fully saturated rings. The van der Waals surface area contributed by atoms with Crippen molar-refractivity contribution in [3.05, 3.63) is 60.2 Å². The molecule has 0 radical (unpaired) electrons. The second-order valence-corrected chi connectivity index (χ2v) is 8.13. The number of ketones is 1. The quantitative estimate of drug-likeness (QED) is 0.791. The Balaban J connectivity index is 1.29. The highest BCUT2D eigenvalue weighted by atomic mass is 16.5. The summed E-state index contributed by atoms with van der Waals surface area (Å²) in [4.78, 5) is 41.6. The van der Waals surface area contributed by atoms with Crippen molar-refractivity contribution in [1.82, 2.24) is 4.90 Å². The summed E-state index contributed by atoms with van der Waals surface area (Å²) in [7, 11) is 0. The molecule has 6 heteroatoms. The molecule has 3 aliphatic heterocycles. The van der Waals surface area contributed by atoms with E-state index >= 15 is 0 Å². The maximum Gasteiger partial charge on any atom is 0.228 e. The highest BCUT2D eigenvalue weighted by molar-refractivity contribution is 6.01. The van der Waals surface area contributed by atoms with Crippen molar-refractivity contribution in [1.29, 1.82) is 0 Å². The van der Waals surface area contributed by atoms with Gasteiger partial charge >= 0.3 is 0 Å². The first-order valence-corrected chi connectivity index (χ1v) is 10.0. The number of amides is 2. The van der Waals surface area contributed by atoms with Crippen LogP contribution in [0.1, 0.15) is 29.6 Å². The smallest absolute Gasteiger partial charge is 0.228 e. The number of Topliss-reactive ketones (excluding diaryl/α,β-unsaturated/α-hetero) is 1. The van der Waals surface area contributed by atoms with Crippen LogP contribution in [0.15, 0.2) is 54.6 Å². The summed E-state index contributed by atoms with van der Waals surface area (Å²) in [6, 6.07) is 16.7. The number of anilines is 1. The highest BCUT2D eigenvalue weighted by Gasteiger charge is 2.48. The molecule has 0 saturated carbocycles. The van der Waals surface area contributed by atoms with Crippen molar-refractivity contribution in [2.75, 3.05) is 24.5 Å². The summed E-state index contributed by atoms with van der Waals surface area (Å²) in [6.07, 6.45) is 1.13. The average Bonchev–Trinajstić information content (AvgIpc) is 3.32. The Morgan fingerprint density at radius 1 is 1.03 bits per heavy atom. The zero-order chi connectivity index (χ0) is 20.0. The molecule has 3 aliphatic rings. The Morgan fingerprint density at radius 2 is 1.79 bits per heavy atom. The zero-order valence-electron chi connectivity index (χ0n) is 16.0. The van der Waals surface area contributed by atoms with Gasteiger partial charge in [0.05, 0.1) is 24.4 Å². The monoisotopic (exact) mass is 390 g/mol. The number of carbonyl (C=O) groups is 3. The molecule has 0 aromatic heterocycles. The Bertz CT molecular complexity index is 989. The van der Waals surface area contributed by atoms with Crippen LogP contribution in [0.3, 0.4) is 0 Å². The van der Waals surface area contributed by atoms with Gasteiger partial charge in [-0.25, -0.2) is 0 Å². The van der Waals surface area contributed by atoms with Crippen molar-refractivity contribution in [3.63, 3.8) is 0 Å². The normalized spacial score (nSPS) is 26.0. The van der Waals surface area contributed by atoms with E-state index in [1.165, 1.54) is 0 Å². The molecule has 0 N–H and O–H groups in total. The number of hydrogen-bond acceptors (Lipinski definition) is 4. The molecule has 2 saturated heterocycles. The van der Waals surface area contributed by atoms with Crippen LogP contribution in [-0.2, 0) is 9.59 Å². The van der Waals surface area contributed by atoms with Gasteiger partial charge in [0.15, 0.2) is 5.78 Å². The number of carbonyl (C=O) groups excluding carboxylic acids is 3. The van der Waals surface area contributed by atoms with Crippen molar-refractivity contribution in [2.45, 2.75) is 24.9 Å². The molecule has 0 bridgehead atoms. The summed E-state index contributed by atoms with van der Waals surface area (Å²) in [5, 5.41) is 0.